The lowest BCUT2D eigenvalue weighted by Crippen LogP contribution is -2.58. The van der Waals surface area contributed by atoms with Crippen LogP contribution in [-0.4, -0.2) is 83.5 Å². The zero-order chi connectivity index (χ0) is 23.7. The van der Waals surface area contributed by atoms with Gasteiger partial charge in [0.15, 0.2) is 17.0 Å². The molecule has 0 radical (unpaired) electrons. The van der Waals surface area contributed by atoms with Crippen LogP contribution in [0.25, 0.3) is 22.6 Å². The van der Waals surface area contributed by atoms with E-state index in [0.29, 0.717) is 42.2 Å². The van der Waals surface area contributed by atoms with E-state index in [1.54, 1.807) is 12.4 Å². The van der Waals surface area contributed by atoms with Crippen LogP contribution < -0.4 is 5.32 Å². The molecular formula is C23H33N9O. The van der Waals surface area contributed by atoms with Crippen molar-refractivity contribution in [1.82, 2.24) is 39.3 Å². The minimum atomic E-state index is -0.385. The number of aromatic nitrogens is 6. The number of carbonyl (C=O) groups is 1. The fraction of sp³-hybridized carbons (Fsp3) is 0.565. The maximum Gasteiger partial charge on any atom is 0.245 e. The van der Waals surface area contributed by atoms with E-state index in [0.717, 1.165) is 30.1 Å². The Bertz CT molecular complexity index is 1110. The molecule has 4 heterocycles. The van der Waals surface area contributed by atoms with E-state index < -0.39 is 0 Å². The molecule has 0 spiro atoms. The Balaban J connectivity index is 1.65. The first kappa shape index (κ1) is 23.0. The predicted molar refractivity (Wildman–Crippen MR) is 128 cm³/mol. The minimum Gasteiger partial charge on any atom is -0.356 e. The summed E-state index contributed by atoms with van der Waals surface area (Å²) < 4.78 is 2.02. The summed E-state index contributed by atoms with van der Waals surface area (Å²) in [7, 11) is 2.12. The largest absolute Gasteiger partial charge is 0.356 e. The third-order valence-corrected chi connectivity index (χ3v) is 6.58. The number of amides is 1. The van der Waals surface area contributed by atoms with Gasteiger partial charge in [-0.05, 0) is 41.2 Å². The minimum absolute atomic E-state index is 0.0955. The van der Waals surface area contributed by atoms with E-state index in [9.17, 15) is 4.79 Å². The normalized spacial score (nSPS) is 20.2. The van der Waals surface area contributed by atoms with Crippen LogP contribution in [0.3, 0.4) is 0 Å². The van der Waals surface area contributed by atoms with Gasteiger partial charge >= 0.3 is 0 Å². The van der Waals surface area contributed by atoms with Crippen molar-refractivity contribution in [2.45, 2.75) is 65.7 Å². The molecule has 3 aromatic heterocycles. The van der Waals surface area contributed by atoms with Gasteiger partial charge in [-0.3, -0.25) is 9.69 Å². The molecule has 0 bridgehead atoms. The number of hydrogen-bond donors (Lipinski definition) is 1. The van der Waals surface area contributed by atoms with Gasteiger partial charge in [0, 0.05) is 44.1 Å². The molecule has 1 aliphatic rings. The second kappa shape index (κ2) is 9.38. The molecule has 1 fully saturated rings. The van der Waals surface area contributed by atoms with E-state index in [1.807, 2.05) is 30.2 Å². The number of aryl methyl sites for hydroxylation is 2. The van der Waals surface area contributed by atoms with Crippen molar-refractivity contribution in [2.24, 2.45) is 0 Å². The maximum absolute atomic E-state index is 13.4. The molecule has 3 atom stereocenters. The van der Waals surface area contributed by atoms with Gasteiger partial charge in [0.25, 0.3) is 0 Å². The Kier molecular flexibility index (Phi) is 6.55. The third kappa shape index (κ3) is 4.39. The van der Waals surface area contributed by atoms with Gasteiger partial charge in [-0.25, -0.2) is 24.9 Å². The average molecular weight is 452 g/mol. The summed E-state index contributed by atoms with van der Waals surface area (Å²) in [5.74, 6) is 2.10. The second-order valence-corrected chi connectivity index (χ2v) is 8.81. The summed E-state index contributed by atoms with van der Waals surface area (Å²) in [6.45, 7) is 12.4. The number of piperazine rings is 1. The fourth-order valence-electron chi connectivity index (χ4n) is 4.38. The molecule has 1 aliphatic heterocycles. The first-order chi connectivity index (χ1) is 15.8. The van der Waals surface area contributed by atoms with Crippen molar-refractivity contribution in [3.05, 3.63) is 24.5 Å². The maximum atomic E-state index is 13.4. The SMILES string of the molecule is CC[C@H](Nc1ncnc2c1nc(-c1cnc(C)nc1)n2CC)C(=O)N1CC(C)N(C)C(C)C1. The van der Waals surface area contributed by atoms with Crippen LogP contribution in [0.2, 0.25) is 0 Å². The fourth-order valence-corrected chi connectivity index (χ4v) is 4.38. The highest BCUT2D eigenvalue weighted by molar-refractivity contribution is 5.90. The Hall–Kier alpha value is -3.14. The third-order valence-electron chi connectivity index (χ3n) is 6.58. The van der Waals surface area contributed by atoms with E-state index in [4.69, 9.17) is 4.98 Å². The molecule has 3 aromatic rings. The van der Waals surface area contributed by atoms with Crippen LogP contribution in [0.1, 0.15) is 39.9 Å². The number of likely N-dealkylation sites (N-methyl/N-ethyl adjacent to an activating group) is 1. The lowest BCUT2D eigenvalue weighted by Gasteiger charge is -2.43. The Morgan fingerprint density at radius 2 is 1.79 bits per heavy atom. The van der Waals surface area contributed by atoms with Gasteiger partial charge in [0.2, 0.25) is 5.91 Å². The standard InChI is InChI=1S/C23H33N9O/c1-7-18(23(33)31-11-14(3)30(6)15(4)12-31)28-20-19-22(27-13-26-20)32(8-2)21(29-19)17-9-24-16(5)25-10-17/h9-10,13-15,18H,7-8,11-12H2,1-6H3,(H,26,27,28)/t14?,15?,18-/m0/s1. The molecule has 4 rings (SSSR count). The molecule has 0 saturated carbocycles. The van der Waals surface area contributed by atoms with E-state index in [2.05, 4.69) is 51.0 Å². The van der Waals surface area contributed by atoms with Crippen LogP contribution >= 0.6 is 0 Å². The highest BCUT2D eigenvalue weighted by Crippen LogP contribution is 2.27. The topological polar surface area (TPSA) is 105 Å². The monoisotopic (exact) mass is 451 g/mol. The highest BCUT2D eigenvalue weighted by Gasteiger charge is 2.32. The molecule has 10 heteroatoms. The summed E-state index contributed by atoms with van der Waals surface area (Å²) in [6.07, 6.45) is 5.70. The van der Waals surface area contributed by atoms with Crippen LogP contribution in [0.4, 0.5) is 5.82 Å². The zero-order valence-electron chi connectivity index (χ0n) is 20.3. The summed E-state index contributed by atoms with van der Waals surface area (Å²) in [6, 6.07) is 0.254. The van der Waals surface area contributed by atoms with Crippen molar-refractivity contribution in [3.63, 3.8) is 0 Å². The molecule has 33 heavy (non-hydrogen) atoms. The lowest BCUT2D eigenvalue weighted by atomic mass is 10.1. The van der Waals surface area contributed by atoms with Crippen molar-refractivity contribution < 1.29 is 4.79 Å². The molecule has 1 amide bonds. The number of carbonyl (C=O) groups excluding carboxylic acids is 1. The van der Waals surface area contributed by atoms with Crippen LogP contribution in [0.5, 0.6) is 0 Å². The van der Waals surface area contributed by atoms with E-state index in [-0.39, 0.29) is 11.9 Å². The van der Waals surface area contributed by atoms with Crippen molar-refractivity contribution >= 4 is 22.9 Å². The highest BCUT2D eigenvalue weighted by atomic mass is 16.2. The molecule has 0 aromatic carbocycles. The van der Waals surface area contributed by atoms with Crippen LogP contribution in [0.15, 0.2) is 18.7 Å². The van der Waals surface area contributed by atoms with Crippen LogP contribution in [-0.2, 0) is 11.3 Å². The van der Waals surface area contributed by atoms with Crippen molar-refractivity contribution in [2.75, 3.05) is 25.5 Å². The number of fused-ring (bicyclic) bond motifs is 1. The molecule has 0 aliphatic carbocycles. The quantitative estimate of drug-likeness (QED) is 0.609. The number of rotatable bonds is 6. The number of nitrogens with zero attached hydrogens (tertiary/aromatic N) is 8. The van der Waals surface area contributed by atoms with Gasteiger partial charge in [0.1, 0.15) is 24.0 Å². The zero-order valence-corrected chi connectivity index (χ0v) is 20.3. The first-order valence-corrected chi connectivity index (χ1v) is 11.6. The van der Waals surface area contributed by atoms with Gasteiger partial charge < -0.3 is 14.8 Å². The molecular weight excluding hydrogens is 418 g/mol. The average Bonchev–Trinajstić information content (AvgIpc) is 3.20. The van der Waals surface area contributed by atoms with Gasteiger partial charge in [0.05, 0.1) is 5.56 Å². The first-order valence-electron chi connectivity index (χ1n) is 11.6. The molecule has 1 saturated heterocycles. The van der Waals surface area contributed by atoms with Gasteiger partial charge in [-0.1, -0.05) is 6.92 Å². The van der Waals surface area contributed by atoms with E-state index in [1.165, 1.54) is 6.33 Å². The predicted octanol–water partition coefficient (Wildman–Crippen LogP) is 2.35. The Morgan fingerprint density at radius 1 is 1.12 bits per heavy atom. The summed E-state index contributed by atoms with van der Waals surface area (Å²) in [5, 5.41) is 3.37. The Morgan fingerprint density at radius 3 is 2.39 bits per heavy atom. The molecule has 176 valence electrons. The van der Waals surface area contributed by atoms with E-state index >= 15 is 0 Å². The van der Waals surface area contributed by atoms with Gasteiger partial charge in [-0.15, -0.1) is 0 Å². The van der Waals surface area contributed by atoms with Crippen LogP contribution in [0, 0.1) is 6.92 Å². The van der Waals surface area contributed by atoms with Crippen molar-refractivity contribution in [1.29, 1.82) is 0 Å². The lowest BCUT2D eigenvalue weighted by molar-refractivity contribution is -0.136. The molecule has 1 N–H and O–H groups in total. The smallest absolute Gasteiger partial charge is 0.245 e. The number of nitrogens with one attached hydrogen (secondary N) is 1. The number of anilines is 1. The van der Waals surface area contributed by atoms with Crippen molar-refractivity contribution in [3.8, 4) is 11.4 Å². The molecule has 2 unspecified atom stereocenters. The molecule has 10 nitrogen and oxygen atoms in total. The second-order valence-electron chi connectivity index (χ2n) is 8.81. The summed E-state index contributed by atoms with van der Waals surface area (Å²) in [4.78, 5) is 40.1. The number of imidazole rings is 1. The van der Waals surface area contributed by atoms with Gasteiger partial charge in [-0.2, -0.15) is 0 Å². The summed E-state index contributed by atoms with van der Waals surface area (Å²) >= 11 is 0. The Labute approximate surface area is 194 Å². The summed E-state index contributed by atoms with van der Waals surface area (Å²) in [5.41, 5.74) is 2.17. The number of hydrogen-bond acceptors (Lipinski definition) is 8.